The quantitative estimate of drug-likeness (QED) is 0.0144. The molecule has 0 saturated carbocycles. The average Bonchev–Trinajstić information content (AvgIpc) is 3.31. The zero-order valence-corrected chi connectivity index (χ0v) is 36.6. The van der Waals surface area contributed by atoms with Gasteiger partial charge < -0.3 is 24.8 Å². The van der Waals surface area contributed by atoms with Gasteiger partial charge in [-0.1, -0.05) is 59.6 Å². The Morgan fingerprint density at radius 2 is 0.957 bits per heavy atom. The molecule has 0 aromatic heterocycles. The number of imide groups is 2. The van der Waals surface area contributed by atoms with Gasteiger partial charge in [0.15, 0.2) is 0 Å². The van der Waals surface area contributed by atoms with Gasteiger partial charge in [0.25, 0.3) is 11.8 Å². The summed E-state index contributed by atoms with van der Waals surface area (Å²) in [5, 5.41) is 7.49. The fraction of sp³-hybridized carbons (Fsp3) is 0.195. The summed E-state index contributed by atoms with van der Waals surface area (Å²) in [7, 11) is 2.04. The molecule has 8 amide bonds. The van der Waals surface area contributed by atoms with E-state index >= 15 is 0 Å². The molecule has 0 bridgehead atoms. The summed E-state index contributed by atoms with van der Waals surface area (Å²) in [5.41, 5.74) is -6.53. The molecular formula is C41H34Cl2F6N8O12. The molecule has 4 aromatic rings. The third-order valence-electron chi connectivity index (χ3n) is 9.13. The molecule has 69 heavy (non-hydrogen) atoms. The van der Waals surface area contributed by atoms with Crippen molar-refractivity contribution in [1.29, 1.82) is 0 Å². The van der Waals surface area contributed by atoms with Gasteiger partial charge in [0.05, 0.1) is 43.1 Å². The van der Waals surface area contributed by atoms with Gasteiger partial charge in [0.1, 0.15) is 17.6 Å². The van der Waals surface area contributed by atoms with Gasteiger partial charge >= 0.3 is 54.1 Å². The minimum Gasteiger partial charge on any atom is -0.465 e. The molecule has 2 unspecified atom stereocenters. The van der Waals surface area contributed by atoms with Crippen LogP contribution in [0.5, 0.6) is 0 Å². The van der Waals surface area contributed by atoms with Crippen molar-refractivity contribution in [2.45, 2.75) is 36.4 Å². The molecule has 0 radical (unpaired) electrons. The number of alkyl halides is 8. The largest absolute Gasteiger partial charge is 0.471 e. The van der Waals surface area contributed by atoms with E-state index in [2.05, 4.69) is 0 Å². The summed E-state index contributed by atoms with van der Waals surface area (Å²) < 4.78 is 91.8. The molecule has 0 aliphatic rings. The summed E-state index contributed by atoms with van der Waals surface area (Å²) in [6, 6.07) is 13.4. The van der Waals surface area contributed by atoms with Crippen molar-refractivity contribution in [1.82, 2.24) is 21.3 Å². The first kappa shape index (κ1) is 53.8. The number of nitrogens with zero attached hydrogens (tertiary/aromatic N) is 2. The van der Waals surface area contributed by atoms with Crippen LogP contribution in [0.2, 0.25) is 0 Å². The van der Waals surface area contributed by atoms with E-state index in [1.165, 1.54) is 34.9 Å². The number of nitrogens with two attached hydrogens (primary N) is 2. The Morgan fingerprint density at radius 3 is 1.35 bits per heavy atom. The number of methoxy groups -OCH3 is 2. The lowest BCUT2D eigenvalue weighted by Crippen LogP contribution is -2.47. The average molecular weight is 1020 g/mol. The second-order valence-corrected chi connectivity index (χ2v) is 14.5. The lowest BCUT2D eigenvalue weighted by atomic mass is 10.0. The molecule has 20 nitrogen and oxygen atoms in total. The highest BCUT2D eigenvalue weighted by molar-refractivity contribution is 6.23. The zero-order valence-electron chi connectivity index (χ0n) is 35.1. The molecule has 0 saturated heterocycles. The standard InChI is InChI=1S/C41H34Cl2F6N8O12/c1-67-34(61)23-13-11-21(56(50)38(65)54-32(59)27-9-5-3-7-25(27)30(42)52-36(63)40(44,45)46)15-19(23)17-29(58)69-18-20-16-22(12-14-24(20)35(62)68-2)57(51)39(66)55-33(60)28-10-6-4-8-26(28)31(43)53-37(64)41(47,48)49/h3-16,30-31H,17-18,50-51H2,1-2H3,(H,52,63)(H,53,64)(H,54,59,65)(H,55,60,66). The lowest BCUT2D eigenvalue weighted by molar-refractivity contribution is -0.173. The van der Waals surface area contributed by atoms with Gasteiger partial charge in [0, 0.05) is 27.8 Å². The maximum atomic E-state index is 13.3. The van der Waals surface area contributed by atoms with E-state index in [0.29, 0.717) is 10.0 Å². The van der Waals surface area contributed by atoms with Crippen LogP contribution in [-0.2, 0) is 41.6 Å². The van der Waals surface area contributed by atoms with Crippen molar-refractivity contribution in [2.24, 2.45) is 11.7 Å². The van der Waals surface area contributed by atoms with E-state index in [-0.39, 0.29) is 44.8 Å². The van der Waals surface area contributed by atoms with Gasteiger partial charge in [-0.05, 0) is 54.1 Å². The van der Waals surface area contributed by atoms with E-state index in [1.807, 2.05) is 10.6 Å². The Balaban J connectivity index is 1.51. The molecule has 4 aromatic carbocycles. The molecule has 366 valence electrons. The van der Waals surface area contributed by atoms with Gasteiger partial charge in [-0.2, -0.15) is 26.3 Å². The number of rotatable bonds is 14. The van der Waals surface area contributed by atoms with Crippen molar-refractivity contribution >= 4 is 88.2 Å². The van der Waals surface area contributed by atoms with Gasteiger partial charge in [-0.3, -0.25) is 34.6 Å². The summed E-state index contributed by atoms with van der Waals surface area (Å²) >= 11 is 11.9. The van der Waals surface area contributed by atoms with Crippen LogP contribution in [0.4, 0.5) is 47.3 Å². The molecule has 0 aliphatic heterocycles. The van der Waals surface area contributed by atoms with Crippen molar-refractivity contribution in [3.05, 3.63) is 129 Å². The highest BCUT2D eigenvalue weighted by atomic mass is 35.5. The first-order valence-electron chi connectivity index (χ1n) is 18.9. The monoisotopic (exact) mass is 1010 g/mol. The summed E-state index contributed by atoms with van der Waals surface area (Å²) in [6.45, 7) is -0.745. The van der Waals surface area contributed by atoms with Crippen LogP contribution < -0.4 is 43.0 Å². The minimum absolute atomic E-state index is 0.140. The van der Waals surface area contributed by atoms with Crippen LogP contribution >= 0.6 is 23.2 Å². The number of hydrazine groups is 2. The number of nitrogens with one attached hydrogen (secondary N) is 4. The molecule has 2 atom stereocenters. The molecule has 8 N–H and O–H groups in total. The van der Waals surface area contributed by atoms with Crippen LogP contribution in [-0.4, -0.2) is 80.2 Å². The van der Waals surface area contributed by atoms with E-state index in [9.17, 15) is 69.5 Å². The first-order chi connectivity index (χ1) is 32.3. The number of benzene rings is 4. The number of carbonyl (C=O) groups is 9. The highest BCUT2D eigenvalue weighted by Crippen LogP contribution is 2.28. The second-order valence-electron chi connectivity index (χ2n) is 13.6. The number of anilines is 2. The van der Waals surface area contributed by atoms with E-state index < -0.39 is 101 Å². The van der Waals surface area contributed by atoms with Gasteiger partial charge in [-0.15, -0.1) is 0 Å². The molecule has 4 rings (SSSR count). The van der Waals surface area contributed by atoms with Crippen LogP contribution in [0, 0.1) is 0 Å². The van der Waals surface area contributed by atoms with E-state index in [1.54, 1.807) is 0 Å². The number of halogens is 8. The van der Waals surface area contributed by atoms with Gasteiger partial charge in [0.2, 0.25) is 0 Å². The number of carbonyl (C=O) groups excluding carboxylic acids is 9. The van der Waals surface area contributed by atoms with Crippen LogP contribution in [0.25, 0.3) is 0 Å². The fourth-order valence-electron chi connectivity index (χ4n) is 5.79. The van der Waals surface area contributed by atoms with Crippen LogP contribution in [0.3, 0.4) is 0 Å². The Kier molecular flexibility index (Phi) is 17.8. The van der Waals surface area contributed by atoms with Crippen molar-refractivity contribution in [3.8, 4) is 0 Å². The summed E-state index contributed by atoms with van der Waals surface area (Å²) in [6.07, 6.45) is -11.4. The molecule has 0 aliphatic carbocycles. The fourth-order valence-corrected chi connectivity index (χ4v) is 6.37. The summed E-state index contributed by atoms with van der Waals surface area (Å²) in [5.74, 6) is 1.64. The number of urea groups is 2. The maximum absolute atomic E-state index is 13.3. The molecule has 28 heteroatoms. The Bertz CT molecular complexity index is 2690. The highest BCUT2D eigenvalue weighted by Gasteiger charge is 2.41. The maximum Gasteiger partial charge on any atom is 0.471 e. The third kappa shape index (κ3) is 13.9. The Hall–Kier alpha value is -7.81. The van der Waals surface area contributed by atoms with Crippen LogP contribution in [0.15, 0.2) is 84.9 Å². The number of ether oxygens (including phenoxy) is 3. The van der Waals surface area contributed by atoms with E-state index in [4.69, 9.17) is 49.1 Å². The van der Waals surface area contributed by atoms with Gasteiger partial charge in [-0.25, -0.2) is 40.9 Å². The number of esters is 3. The molecule has 0 fully saturated rings. The smallest absolute Gasteiger partial charge is 0.465 e. The molecular weight excluding hydrogens is 981 g/mol. The zero-order chi connectivity index (χ0) is 51.5. The van der Waals surface area contributed by atoms with Crippen LogP contribution in [0.1, 0.15) is 74.7 Å². The van der Waals surface area contributed by atoms with E-state index in [0.717, 1.165) is 74.9 Å². The number of hydrogen-bond acceptors (Lipinski definition) is 14. The normalized spacial score (nSPS) is 12.0. The Morgan fingerprint density at radius 1 is 0.580 bits per heavy atom. The Labute approximate surface area is 394 Å². The first-order valence-corrected chi connectivity index (χ1v) is 19.8. The molecule has 0 heterocycles. The second kappa shape index (κ2) is 22.8. The van der Waals surface area contributed by atoms with Crippen molar-refractivity contribution in [2.75, 3.05) is 24.2 Å². The SMILES string of the molecule is COC(=O)c1ccc(N(N)C(=O)NC(=O)c2ccccc2C(Cl)NC(=O)C(F)(F)F)cc1COC(=O)Cc1cc(N(N)C(=O)NC(=O)c2ccccc2C(Cl)NC(=O)C(F)(F)F)ccc1C(=O)OC. The summed E-state index contributed by atoms with van der Waals surface area (Å²) in [4.78, 5) is 114. The minimum atomic E-state index is -5.31. The molecule has 0 spiro atoms. The lowest BCUT2D eigenvalue weighted by Gasteiger charge is -2.20. The predicted molar refractivity (Wildman–Crippen MR) is 227 cm³/mol. The van der Waals surface area contributed by atoms with Crippen molar-refractivity contribution < 1.29 is 83.7 Å². The predicted octanol–water partition coefficient (Wildman–Crippen LogP) is 4.84. The number of amides is 8. The third-order valence-corrected chi connectivity index (χ3v) is 9.82. The van der Waals surface area contributed by atoms with Crippen molar-refractivity contribution in [3.63, 3.8) is 0 Å². The topological polar surface area (TPSA) is 288 Å². The number of hydrogen-bond donors (Lipinski definition) is 6.